The lowest BCUT2D eigenvalue weighted by atomic mass is 10.1. The maximum absolute atomic E-state index is 12.5. The highest BCUT2D eigenvalue weighted by Crippen LogP contribution is 2.26. The fourth-order valence-electron chi connectivity index (χ4n) is 3.41. The standard InChI is InChI=1S/C23H23N5O4S/c1-14-5-4-6-15(11-14)20-26-27-23(28(20)9-10-31-2)33-13-19-24-18-12-16(22(30)32-3)7-8-17(18)21(29)25-19/h4-8,11-12H,9-10,13H2,1-3H3,(H,24,25,29). The van der Waals surface area contributed by atoms with Crippen LogP contribution in [-0.4, -0.2) is 51.5 Å². The Labute approximate surface area is 194 Å². The number of aryl methyl sites for hydroxylation is 1. The van der Waals surface area contributed by atoms with E-state index in [4.69, 9.17) is 9.47 Å². The molecule has 0 radical (unpaired) electrons. The average molecular weight is 466 g/mol. The van der Waals surface area contributed by atoms with E-state index in [-0.39, 0.29) is 5.56 Å². The largest absolute Gasteiger partial charge is 0.465 e. The van der Waals surface area contributed by atoms with Crippen LogP contribution >= 0.6 is 11.8 Å². The zero-order valence-electron chi connectivity index (χ0n) is 18.5. The van der Waals surface area contributed by atoms with Crippen LogP contribution in [0.3, 0.4) is 0 Å². The van der Waals surface area contributed by atoms with Gasteiger partial charge >= 0.3 is 5.97 Å². The Hall–Kier alpha value is -3.50. The molecular weight excluding hydrogens is 442 g/mol. The number of hydrogen-bond acceptors (Lipinski definition) is 8. The smallest absolute Gasteiger partial charge is 0.337 e. The molecule has 0 aliphatic rings. The van der Waals surface area contributed by atoms with Crippen molar-refractivity contribution in [3.05, 3.63) is 69.8 Å². The molecule has 2 aromatic heterocycles. The average Bonchev–Trinajstić information content (AvgIpc) is 3.23. The Bertz CT molecular complexity index is 1360. The van der Waals surface area contributed by atoms with Crippen molar-refractivity contribution < 1.29 is 14.3 Å². The highest BCUT2D eigenvalue weighted by atomic mass is 32.2. The van der Waals surface area contributed by atoms with Crippen molar-refractivity contribution in [1.82, 2.24) is 24.7 Å². The molecule has 0 aliphatic carbocycles. The molecule has 0 unspecified atom stereocenters. The number of carbonyl (C=O) groups is 1. The molecule has 0 aliphatic heterocycles. The first-order chi connectivity index (χ1) is 16.0. The fourth-order valence-corrected chi connectivity index (χ4v) is 4.25. The van der Waals surface area contributed by atoms with Crippen molar-refractivity contribution in [2.24, 2.45) is 0 Å². The Morgan fingerprint density at radius 3 is 2.76 bits per heavy atom. The number of H-pyrrole nitrogens is 1. The minimum absolute atomic E-state index is 0.270. The Kier molecular flexibility index (Phi) is 6.85. The molecule has 0 saturated carbocycles. The molecule has 4 rings (SSSR count). The van der Waals surface area contributed by atoms with Gasteiger partial charge in [-0.05, 0) is 31.2 Å². The van der Waals surface area contributed by atoms with Gasteiger partial charge < -0.3 is 14.5 Å². The molecule has 0 spiro atoms. The van der Waals surface area contributed by atoms with Crippen LogP contribution in [0, 0.1) is 6.92 Å². The number of methoxy groups -OCH3 is 2. The van der Waals surface area contributed by atoms with Gasteiger partial charge in [-0.25, -0.2) is 9.78 Å². The molecule has 10 heteroatoms. The van der Waals surface area contributed by atoms with Crippen LogP contribution in [0.4, 0.5) is 0 Å². The first-order valence-corrected chi connectivity index (χ1v) is 11.2. The maximum atomic E-state index is 12.5. The zero-order chi connectivity index (χ0) is 23.4. The Balaban J connectivity index is 1.63. The number of ether oxygens (including phenoxy) is 2. The molecule has 2 aromatic carbocycles. The third-order valence-corrected chi connectivity index (χ3v) is 6.00. The molecule has 0 atom stereocenters. The van der Waals surface area contributed by atoms with Crippen LogP contribution in [0.5, 0.6) is 0 Å². The summed E-state index contributed by atoms with van der Waals surface area (Å²) in [5.74, 6) is 1.11. The van der Waals surface area contributed by atoms with E-state index in [1.54, 1.807) is 25.3 Å². The number of fused-ring (bicyclic) bond motifs is 1. The van der Waals surface area contributed by atoms with Crippen LogP contribution in [-0.2, 0) is 21.8 Å². The SMILES string of the molecule is COCCn1c(SCc2nc3cc(C(=O)OC)ccc3c(=O)[nH]2)nnc1-c1cccc(C)c1. The van der Waals surface area contributed by atoms with Crippen molar-refractivity contribution in [2.45, 2.75) is 24.4 Å². The van der Waals surface area contributed by atoms with E-state index in [9.17, 15) is 9.59 Å². The van der Waals surface area contributed by atoms with Gasteiger partial charge in [0.1, 0.15) is 5.82 Å². The number of rotatable bonds is 8. The van der Waals surface area contributed by atoms with Crippen molar-refractivity contribution in [3.8, 4) is 11.4 Å². The van der Waals surface area contributed by atoms with E-state index >= 15 is 0 Å². The second kappa shape index (κ2) is 9.97. The minimum Gasteiger partial charge on any atom is -0.465 e. The quantitative estimate of drug-likeness (QED) is 0.312. The monoisotopic (exact) mass is 465 g/mol. The lowest BCUT2D eigenvalue weighted by molar-refractivity contribution is 0.0601. The van der Waals surface area contributed by atoms with E-state index in [2.05, 4.69) is 26.2 Å². The molecule has 0 amide bonds. The summed E-state index contributed by atoms with van der Waals surface area (Å²) in [6.07, 6.45) is 0. The second-order valence-electron chi connectivity index (χ2n) is 7.34. The number of nitrogens with zero attached hydrogens (tertiary/aromatic N) is 4. The van der Waals surface area contributed by atoms with Crippen molar-refractivity contribution in [2.75, 3.05) is 20.8 Å². The predicted octanol–water partition coefficient (Wildman–Crippen LogP) is 3.22. The molecule has 9 nitrogen and oxygen atoms in total. The lowest BCUT2D eigenvalue weighted by Gasteiger charge is -2.10. The highest BCUT2D eigenvalue weighted by Gasteiger charge is 2.16. The van der Waals surface area contributed by atoms with Crippen LogP contribution in [0.1, 0.15) is 21.7 Å². The zero-order valence-corrected chi connectivity index (χ0v) is 19.3. The molecule has 2 heterocycles. The molecule has 0 fully saturated rings. The summed E-state index contributed by atoms with van der Waals surface area (Å²) in [5, 5.41) is 9.85. The van der Waals surface area contributed by atoms with Crippen molar-refractivity contribution in [1.29, 1.82) is 0 Å². The molecule has 170 valence electrons. The number of thioether (sulfide) groups is 1. The van der Waals surface area contributed by atoms with Crippen LogP contribution in [0.25, 0.3) is 22.3 Å². The van der Waals surface area contributed by atoms with E-state index in [1.807, 2.05) is 29.7 Å². The number of aromatic amines is 1. The van der Waals surface area contributed by atoms with Gasteiger partial charge in [-0.1, -0.05) is 35.5 Å². The molecule has 1 N–H and O–H groups in total. The number of benzene rings is 2. The summed E-state index contributed by atoms with van der Waals surface area (Å²) in [4.78, 5) is 31.7. The van der Waals surface area contributed by atoms with Crippen LogP contribution in [0.15, 0.2) is 52.4 Å². The fraction of sp³-hybridized carbons (Fsp3) is 0.261. The number of aromatic nitrogens is 5. The maximum Gasteiger partial charge on any atom is 0.337 e. The lowest BCUT2D eigenvalue weighted by Crippen LogP contribution is -2.12. The van der Waals surface area contributed by atoms with Gasteiger partial charge in [0.15, 0.2) is 11.0 Å². The predicted molar refractivity (Wildman–Crippen MR) is 125 cm³/mol. The molecule has 0 saturated heterocycles. The molecular formula is C23H23N5O4S. The molecule has 33 heavy (non-hydrogen) atoms. The van der Waals surface area contributed by atoms with Gasteiger partial charge in [0.2, 0.25) is 0 Å². The normalized spacial score (nSPS) is 11.1. The Morgan fingerprint density at radius 2 is 2.00 bits per heavy atom. The summed E-state index contributed by atoms with van der Waals surface area (Å²) < 4.78 is 12.0. The Morgan fingerprint density at radius 1 is 1.15 bits per heavy atom. The summed E-state index contributed by atoms with van der Waals surface area (Å²) >= 11 is 1.41. The highest BCUT2D eigenvalue weighted by molar-refractivity contribution is 7.98. The number of nitrogens with one attached hydrogen (secondary N) is 1. The van der Waals surface area contributed by atoms with Gasteiger partial charge in [-0.15, -0.1) is 10.2 Å². The van der Waals surface area contributed by atoms with Gasteiger partial charge in [-0.2, -0.15) is 0 Å². The number of hydrogen-bond donors (Lipinski definition) is 1. The summed E-state index contributed by atoms with van der Waals surface area (Å²) in [5.41, 5.74) is 2.60. The third kappa shape index (κ3) is 4.96. The minimum atomic E-state index is -0.482. The van der Waals surface area contributed by atoms with Crippen molar-refractivity contribution >= 4 is 28.6 Å². The number of carbonyl (C=O) groups excluding carboxylic acids is 1. The summed E-state index contributed by atoms with van der Waals surface area (Å²) in [7, 11) is 2.96. The van der Waals surface area contributed by atoms with Crippen molar-refractivity contribution in [3.63, 3.8) is 0 Å². The topological polar surface area (TPSA) is 112 Å². The van der Waals surface area contributed by atoms with Gasteiger partial charge in [0, 0.05) is 12.7 Å². The molecule has 0 bridgehead atoms. The van der Waals surface area contributed by atoms with E-state index < -0.39 is 5.97 Å². The summed E-state index contributed by atoms with van der Waals surface area (Å²) in [6, 6.07) is 12.7. The van der Waals surface area contributed by atoms with E-state index in [1.165, 1.54) is 18.9 Å². The van der Waals surface area contributed by atoms with Crippen LogP contribution in [0.2, 0.25) is 0 Å². The second-order valence-corrected chi connectivity index (χ2v) is 8.29. The third-order valence-electron chi connectivity index (χ3n) is 5.03. The molecule has 4 aromatic rings. The van der Waals surface area contributed by atoms with Gasteiger partial charge in [0.05, 0.1) is 42.5 Å². The number of esters is 1. The van der Waals surface area contributed by atoms with Gasteiger partial charge in [0.25, 0.3) is 5.56 Å². The van der Waals surface area contributed by atoms with Crippen LogP contribution < -0.4 is 5.56 Å². The first-order valence-electron chi connectivity index (χ1n) is 10.2. The van der Waals surface area contributed by atoms with Gasteiger partial charge in [-0.3, -0.25) is 9.36 Å². The van der Waals surface area contributed by atoms with E-state index in [0.717, 1.165) is 17.0 Å². The van der Waals surface area contributed by atoms with E-state index in [0.29, 0.717) is 46.4 Å². The summed E-state index contributed by atoms with van der Waals surface area (Å²) in [6.45, 7) is 3.12. The first kappa shape index (κ1) is 22.7.